The van der Waals surface area contributed by atoms with Gasteiger partial charge in [0.15, 0.2) is 0 Å². The fraction of sp³-hybridized carbons (Fsp3) is 0.625. The smallest absolute Gasteiger partial charge is 0.0992 e. The van der Waals surface area contributed by atoms with Gasteiger partial charge in [-0.05, 0) is 51.4 Å². The molecule has 1 aromatic carbocycles. The summed E-state index contributed by atoms with van der Waals surface area (Å²) < 4.78 is 0. The van der Waals surface area contributed by atoms with Gasteiger partial charge in [0.1, 0.15) is 0 Å². The second kappa shape index (κ2) is 6.51. The van der Waals surface area contributed by atoms with Gasteiger partial charge in [-0.25, -0.2) is 0 Å². The highest BCUT2D eigenvalue weighted by Gasteiger charge is 2.23. The van der Waals surface area contributed by atoms with Gasteiger partial charge in [0.05, 0.1) is 5.60 Å². The van der Waals surface area contributed by atoms with E-state index in [0.29, 0.717) is 12.5 Å². The van der Waals surface area contributed by atoms with Crippen molar-refractivity contribution in [3.8, 4) is 0 Å². The van der Waals surface area contributed by atoms with E-state index in [4.69, 9.17) is 0 Å². The van der Waals surface area contributed by atoms with E-state index in [1.54, 1.807) is 0 Å². The van der Waals surface area contributed by atoms with Crippen LogP contribution >= 0.6 is 0 Å². The molecule has 0 aliphatic carbocycles. The van der Waals surface area contributed by atoms with Crippen LogP contribution in [0.3, 0.4) is 0 Å². The number of likely N-dealkylation sites (tertiary alicyclic amines) is 1. The van der Waals surface area contributed by atoms with Gasteiger partial charge in [-0.1, -0.05) is 30.3 Å². The van der Waals surface area contributed by atoms with Crippen LogP contribution in [0, 0.1) is 5.92 Å². The topological polar surface area (TPSA) is 35.5 Å². The number of aliphatic hydroxyl groups is 1. The Morgan fingerprint density at radius 2 is 2.11 bits per heavy atom. The minimum atomic E-state index is -0.790. The van der Waals surface area contributed by atoms with Crippen molar-refractivity contribution >= 4 is 0 Å². The normalized spacial score (nSPS) is 24.1. The number of piperidine rings is 1. The fourth-order valence-electron chi connectivity index (χ4n) is 2.86. The lowest BCUT2D eigenvalue weighted by Crippen LogP contribution is -2.41. The molecule has 0 radical (unpaired) electrons. The summed E-state index contributed by atoms with van der Waals surface area (Å²) >= 11 is 0. The quantitative estimate of drug-likeness (QED) is 0.850. The molecule has 2 rings (SSSR count). The molecule has 1 fully saturated rings. The molecule has 0 saturated carbocycles. The van der Waals surface area contributed by atoms with Gasteiger partial charge in [0, 0.05) is 13.1 Å². The lowest BCUT2D eigenvalue weighted by Gasteiger charge is -2.31. The summed E-state index contributed by atoms with van der Waals surface area (Å²) in [6.07, 6.45) is 2.59. The minimum absolute atomic E-state index is 0.608. The van der Waals surface area contributed by atoms with Gasteiger partial charge in [0.2, 0.25) is 0 Å². The highest BCUT2D eigenvalue weighted by Crippen LogP contribution is 2.19. The molecule has 1 saturated heterocycles. The Kier molecular flexibility index (Phi) is 4.97. The highest BCUT2D eigenvalue weighted by atomic mass is 16.3. The van der Waals surface area contributed by atoms with Crippen LogP contribution < -0.4 is 5.32 Å². The molecule has 1 aliphatic heterocycles. The van der Waals surface area contributed by atoms with E-state index in [0.717, 1.165) is 12.1 Å². The second-order valence-electron chi connectivity index (χ2n) is 6.04. The number of hydrogen-bond acceptors (Lipinski definition) is 3. The summed E-state index contributed by atoms with van der Waals surface area (Å²) in [5.41, 5.74) is 0.185. The molecule has 2 N–H and O–H groups in total. The van der Waals surface area contributed by atoms with Crippen molar-refractivity contribution in [1.29, 1.82) is 0 Å². The van der Waals surface area contributed by atoms with Gasteiger partial charge < -0.3 is 15.3 Å². The maximum Gasteiger partial charge on any atom is 0.0992 e. The first-order valence-electron chi connectivity index (χ1n) is 7.25. The maximum atomic E-state index is 10.5. The standard InChI is InChI=1S/C16H26N2O/c1-16(19,15-8-4-3-5-9-15)13-17-11-14-7-6-10-18(2)12-14/h3-5,8-9,14,17,19H,6-7,10-13H2,1-2H3. The molecule has 0 amide bonds. The van der Waals surface area contributed by atoms with Crippen molar-refractivity contribution < 1.29 is 5.11 Å². The molecule has 1 aromatic rings. The second-order valence-corrected chi connectivity index (χ2v) is 6.04. The molecule has 3 nitrogen and oxygen atoms in total. The van der Waals surface area contributed by atoms with Crippen LogP contribution in [0.2, 0.25) is 0 Å². The van der Waals surface area contributed by atoms with E-state index in [9.17, 15) is 5.11 Å². The third-order valence-corrected chi connectivity index (χ3v) is 4.02. The van der Waals surface area contributed by atoms with Crippen LogP contribution in [-0.2, 0) is 5.60 Å². The first kappa shape index (κ1) is 14.5. The summed E-state index contributed by atoms with van der Waals surface area (Å²) in [5, 5.41) is 13.9. The van der Waals surface area contributed by atoms with Gasteiger partial charge in [-0.2, -0.15) is 0 Å². The molecular weight excluding hydrogens is 236 g/mol. The largest absolute Gasteiger partial charge is 0.384 e. The van der Waals surface area contributed by atoms with E-state index in [1.165, 1.54) is 25.9 Å². The van der Waals surface area contributed by atoms with E-state index >= 15 is 0 Å². The van der Waals surface area contributed by atoms with Crippen LogP contribution in [0.4, 0.5) is 0 Å². The Bertz CT molecular complexity index is 378. The maximum absolute atomic E-state index is 10.5. The Morgan fingerprint density at radius 1 is 1.37 bits per heavy atom. The molecule has 106 valence electrons. The Hall–Kier alpha value is -0.900. The van der Waals surface area contributed by atoms with Gasteiger partial charge >= 0.3 is 0 Å². The average Bonchev–Trinajstić information content (AvgIpc) is 2.40. The van der Waals surface area contributed by atoms with E-state index in [-0.39, 0.29) is 0 Å². The van der Waals surface area contributed by atoms with E-state index in [2.05, 4.69) is 17.3 Å². The van der Waals surface area contributed by atoms with Crippen molar-refractivity contribution in [2.45, 2.75) is 25.4 Å². The molecule has 0 aromatic heterocycles. The zero-order chi connectivity index (χ0) is 13.7. The third kappa shape index (κ3) is 4.30. The predicted molar refractivity (Wildman–Crippen MR) is 79.1 cm³/mol. The van der Waals surface area contributed by atoms with Crippen molar-refractivity contribution in [3.63, 3.8) is 0 Å². The van der Waals surface area contributed by atoms with E-state index < -0.39 is 5.60 Å². The highest BCUT2D eigenvalue weighted by molar-refractivity contribution is 5.21. The van der Waals surface area contributed by atoms with Crippen LogP contribution in [0.25, 0.3) is 0 Å². The lowest BCUT2D eigenvalue weighted by atomic mass is 9.95. The molecule has 1 heterocycles. The predicted octanol–water partition coefficient (Wildman–Crippen LogP) is 1.83. The molecule has 1 aliphatic rings. The van der Waals surface area contributed by atoms with Gasteiger partial charge in [0.25, 0.3) is 0 Å². The molecule has 3 heteroatoms. The van der Waals surface area contributed by atoms with Crippen molar-refractivity contribution in [2.75, 3.05) is 33.2 Å². The first-order chi connectivity index (χ1) is 9.08. The Morgan fingerprint density at radius 3 is 2.79 bits per heavy atom. The summed E-state index contributed by atoms with van der Waals surface area (Å²) in [5.74, 6) is 0.713. The molecule has 19 heavy (non-hydrogen) atoms. The molecule has 0 spiro atoms. The van der Waals surface area contributed by atoms with Crippen LogP contribution in [0.1, 0.15) is 25.3 Å². The Balaban J connectivity index is 1.78. The SMILES string of the molecule is CN1CCCC(CNCC(C)(O)c2ccccc2)C1. The monoisotopic (exact) mass is 262 g/mol. The van der Waals surface area contributed by atoms with Crippen LogP contribution in [0.15, 0.2) is 30.3 Å². The summed E-state index contributed by atoms with van der Waals surface area (Å²) in [4.78, 5) is 2.39. The zero-order valence-electron chi connectivity index (χ0n) is 12.1. The molecular formula is C16H26N2O. The van der Waals surface area contributed by atoms with Crippen molar-refractivity contribution in [2.24, 2.45) is 5.92 Å². The van der Waals surface area contributed by atoms with Crippen LogP contribution in [0.5, 0.6) is 0 Å². The van der Waals surface area contributed by atoms with Gasteiger partial charge in [-0.15, -0.1) is 0 Å². The van der Waals surface area contributed by atoms with Crippen molar-refractivity contribution in [1.82, 2.24) is 10.2 Å². The summed E-state index contributed by atoms with van der Waals surface area (Å²) in [6.45, 7) is 5.87. The molecule has 0 bridgehead atoms. The summed E-state index contributed by atoms with van der Waals surface area (Å²) in [6, 6.07) is 9.89. The fourth-order valence-corrected chi connectivity index (χ4v) is 2.86. The average molecular weight is 262 g/mol. The number of rotatable bonds is 5. The van der Waals surface area contributed by atoms with Crippen LogP contribution in [-0.4, -0.2) is 43.2 Å². The third-order valence-electron chi connectivity index (χ3n) is 4.02. The van der Waals surface area contributed by atoms with E-state index in [1.807, 2.05) is 37.3 Å². The molecule has 2 unspecified atom stereocenters. The zero-order valence-corrected chi connectivity index (χ0v) is 12.1. The number of hydrogen-bond donors (Lipinski definition) is 2. The number of benzene rings is 1. The first-order valence-corrected chi connectivity index (χ1v) is 7.25. The van der Waals surface area contributed by atoms with Gasteiger partial charge in [-0.3, -0.25) is 0 Å². The number of nitrogens with one attached hydrogen (secondary N) is 1. The Labute approximate surface area is 116 Å². The lowest BCUT2D eigenvalue weighted by molar-refractivity contribution is 0.0547. The summed E-state index contributed by atoms with van der Waals surface area (Å²) in [7, 11) is 2.19. The van der Waals surface area contributed by atoms with Crippen molar-refractivity contribution in [3.05, 3.63) is 35.9 Å². The molecule has 2 atom stereocenters. The minimum Gasteiger partial charge on any atom is -0.384 e. The number of nitrogens with zero attached hydrogens (tertiary/aromatic N) is 1.